The highest BCUT2D eigenvalue weighted by molar-refractivity contribution is 6.37. The fraction of sp³-hybridized carbons (Fsp3) is 0.400. The third kappa shape index (κ3) is 7.24. The summed E-state index contributed by atoms with van der Waals surface area (Å²) in [5, 5.41) is 45.9. The van der Waals surface area contributed by atoms with Crippen LogP contribution in [0.1, 0.15) is 131 Å². The zero-order valence-electron chi connectivity index (χ0n) is 38.7. The fourth-order valence-electron chi connectivity index (χ4n) is 10.9. The quantitative estimate of drug-likeness (QED) is 0.120. The van der Waals surface area contributed by atoms with Gasteiger partial charge in [-0.2, -0.15) is 0 Å². The summed E-state index contributed by atoms with van der Waals surface area (Å²) < 4.78 is 16.8. The van der Waals surface area contributed by atoms with Crippen molar-refractivity contribution in [2.45, 2.75) is 94.7 Å². The van der Waals surface area contributed by atoms with Crippen LogP contribution in [-0.2, 0) is 38.8 Å². The Kier molecular flexibility index (Phi) is 11.5. The number of hydrogen-bond acceptors (Lipinski definition) is 12. The second-order valence-corrected chi connectivity index (χ2v) is 18.9. The summed E-state index contributed by atoms with van der Waals surface area (Å²) in [7, 11) is 8.63. The first-order valence-electron chi connectivity index (χ1n) is 22.8. The molecule has 0 aliphatic heterocycles. The number of ether oxygens (including phenoxy) is 2. The first-order valence-corrected chi connectivity index (χ1v) is 23.5. The Morgan fingerprint density at radius 1 is 0.672 bits per heavy atom. The van der Waals surface area contributed by atoms with Crippen LogP contribution in [0.15, 0.2) is 61.1 Å². The van der Waals surface area contributed by atoms with Crippen LogP contribution in [0.3, 0.4) is 0 Å². The van der Waals surface area contributed by atoms with Crippen molar-refractivity contribution in [3.05, 3.63) is 139 Å². The van der Waals surface area contributed by atoms with Crippen molar-refractivity contribution < 1.29 is 19.7 Å². The van der Waals surface area contributed by atoms with Gasteiger partial charge < -0.3 is 24.3 Å². The molecule has 0 bridgehead atoms. The lowest BCUT2D eigenvalue weighted by Gasteiger charge is -2.31. The van der Waals surface area contributed by atoms with E-state index >= 15 is 0 Å². The van der Waals surface area contributed by atoms with Gasteiger partial charge in [-0.25, -0.2) is 24.3 Å². The number of aliphatic hydroxyl groups is 2. The molecule has 2 aromatic carbocycles. The molecule has 0 radical (unpaired) electrons. The number of hydrogen-bond donors (Lipinski definition) is 2. The molecule has 2 N–H and O–H groups in total. The number of halogens is 2. The maximum Gasteiger partial charge on any atom is 0.218 e. The highest BCUT2D eigenvalue weighted by Gasteiger charge is 2.42. The van der Waals surface area contributed by atoms with Gasteiger partial charge in [0.15, 0.2) is 11.2 Å². The predicted molar refractivity (Wildman–Crippen MR) is 255 cm³/mol. The number of imidazole rings is 1. The van der Waals surface area contributed by atoms with E-state index in [-0.39, 0.29) is 18.3 Å². The van der Waals surface area contributed by atoms with Crippen LogP contribution >= 0.6 is 23.2 Å². The third-order valence-corrected chi connectivity index (χ3v) is 15.3. The minimum Gasteiger partial charge on any atom is -0.481 e. The van der Waals surface area contributed by atoms with Gasteiger partial charge in [-0.15, -0.1) is 10.2 Å². The van der Waals surface area contributed by atoms with Gasteiger partial charge in [0.1, 0.15) is 11.5 Å². The normalized spacial score (nSPS) is 16.6. The van der Waals surface area contributed by atoms with Gasteiger partial charge in [0.05, 0.1) is 65.3 Å². The number of fused-ring (bicyclic) bond motifs is 2. The molecule has 0 spiro atoms. The molecule has 15 nitrogen and oxygen atoms in total. The molecule has 2 unspecified atom stereocenters. The number of pyridine rings is 3. The number of aryl methyl sites for hydroxylation is 4. The van der Waals surface area contributed by atoms with E-state index in [1.54, 1.807) is 56.3 Å². The fourth-order valence-corrected chi connectivity index (χ4v) is 11.6. The van der Waals surface area contributed by atoms with Crippen LogP contribution in [0.25, 0.3) is 21.8 Å². The highest BCUT2D eigenvalue weighted by Crippen LogP contribution is 2.49. The molecular weight excluding hydrogens is 890 g/mol. The average molecular weight is 943 g/mol. The Bertz CT molecular complexity index is 3210. The van der Waals surface area contributed by atoms with Gasteiger partial charge in [0.2, 0.25) is 11.8 Å². The van der Waals surface area contributed by atoms with Crippen molar-refractivity contribution in [2.75, 3.05) is 14.2 Å². The minimum absolute atomic E-state index is 0.184. The Morgan fingerprint density at radius 3 is 1.81 bits per heavy atom. The number of aromatic nitrogens is 11. The lowest BCUT2D eigenvalue weighted by molar-refractivity contribution is 0.108. The van der Waals surface area contributed by atoms with E-state index in [1.165, 1.54) is 0 Å². The van der Waals surface area contributed by atoms with E-state index in [0.29, 0.717) is 88.8 Å². The second-order valence-electron chi connectivity index (χ2n) is 18.2. The molecule has 0 saturated heterocycles. The lowest BCUT2D eigenvalue weighted by Crippen LogP contribution is -2.34. The van der Waals surface area contributed by atoms with E-state index in [9.17, 15) is 10.2 Å². The van der Waals surface area contributed by atoms with Crippen molar-refractivity contribution in [1.82, 2.24) is 54.5 Å². The molecule has 2 aliphatic rings. The number of methoxy groups -OCH3 is 2. The summed E-state index contributed by atoms with van der Waals surface area (Å²) in [4.78, 5) is 19.8. The zero-order valence-corrected chi connectivity index (χ0v) is 40.2. The summed E-state index contributed by atoms with van der Waals surface area (Å²) in [6.45, 7) is 3.77. The van der Waals surface area contributed by atoms with Gasteiger partial charge in [-0.3, -0.25) is 4.98 Å². The maximum atomic E-state index is 13.3. The Morgan fingerprint density at radius 2 is 1.25 bits per heavy atom. The third-order valence-electron chi connectivity index (χ3n) is 14.4. The number of benzene rings is 2. The Labute approximate surface area is 398 Å². The molecule has 17 heteroatoms. The highest BCUT2D eigenvalue weighted by atomic mass is 35.5. The Balaban J connectivity index is 1.14. The van der Waals surface area contributed by atoms with E-state index in [2.05, 4.69) is 25.6 Å². The predicted octanol–water partition coefficient (Wildman–Crippen LogP) is 8.58. The van der Waals surface area contributed by atoms with E-state index < -0.39 is 11.2 Å². The molecule has 2 atom stereocenters. The van der Waals surface area contributed by atoms with Crippen LogP contribution < -0.4 is 9.47 Å². The van der Waals surface area contributed by atoms with E-state index in [0.717, 1.165) is 73.9 Å². The molecule has 2 fully saturated rings. The second kappa shape index (κ2) is 17.3. The van der Waals surface area contributed by atoms with Crippen molar-refractivity contribution in [2.24, 2.45) is 21.1 Å². The van der Waals surface area contributed by atoms with Crippen molar-refractivity contribution in [3.63, 3.8) is 0 Å². The molecule has 6 heterocycles. The molecule has 10 rings (SSSR count). The molecule has 0 amide bonds. The largest absolute Gasteiger partial charge is 0.481 e. The smallest absolute Gasteiger partial charge is 0.218 e. The molecular formula is C50H53Cl2N11O4. The van der Waals surface area contributed by atoms with Crippen molar-refractivity contribution in [3.8, 4) is 11.8 Å². The molecule has 8 aromatic rings. The SMILES string of the molecule is COc1nc2ccc(C(O)(c3ccc(Cc4cc(C(O)(c5cnnn5C)c5cnc(C)n5C)cc5c(Cl)c(C6CCCC6)c(OC)nc45)nc3C)c3cnnn3C)cc2c(Cl)c1C1CCCC1. The van der Waals surface area contributed by atoms with Gasteiger partial charge in [0, 0.05) is 66.4 Å². The minimum atomic E-state index is -1.77. The average Bonchev–Trinajstić information content (AvgIpc) is 4.20. The summed E-state index contributed by atoms with van der Waals surface area (Å²) in [5.41, 5.74) is 4.54. The van der Waals surface area contributed by atoms with Crippen LogP contribution in [0.5, 0.6) is 11.8 Å². The van der Waals surface area contributed by atoms with Crippen LogP contribution in [0.2, 0.25) is 10.0 Å². The lowest BCUT2D eigenvalue weighted by atomic mass is 9.81. The standard InChI is InChI=1S/C50H53Cl2N11O4/c1-27-37(49(64,40-25-54-59-62(40)4)32-16-19-38-35(22-32)44(51)42(47(57-38)66-6)29-12-8-9-13-29)18-17-34(56-27)21-31-20-33(50(65,41-26-55-60-63(41)5)39-24-53-28(2)61(39)3)23-36-45(52)43(30-14-10-11-15-30)48(67-7)58-46(31)36/h16-20,22-26,29-30,64-65H,8-15,21H2,1-7H3. The van der Waals surface area contributed by atoms with Crippen molar-refractivity contribution in [1.29, 1.82) is 0 Å². The first kappa shape index (κ1) is 44.8. The monoisotopic (exact) mass is 941 g/mol. The summed E-state index contributed by atoms with van der Waals surface area (Å²) in [6.07, 6.45) is 13.5. The van der Waals surface area contributed by atoms with E-state index in [1.807, 2.05) is 67.9 Å². The topological polar surface area (TPSA) is 177 Å². The maximum absolute atomic E-state index is 13.3. The molecule has 2 aliphatic carbocycles. The summed E-state index contributed by atoms with van der Waals surface area (Å²) in [6, 6.07) is 13.3. The molecule has 2 saturated carbocycles. The van der Waals surface area contributed by atoms with E-state index in [4.69, 9.17) is 47.6 Å². The number of rotatable bonds is 12. The van der Waals surface area contributed by atoms with Gasteiger partial charge in [-0.1, -0.05) is 71.4 Å². The van der Waals surface area contributed by atoms with Crippen LogP contribution in [-0.4, -0.2) is 78.9 Å². The zero-order chi connectivity index (χ0) is 46.9. The van der Waals surface area contributed by atoms with Crippen molar-refractivity contribution >= 4 is 45.0 Å². The molecule has 346 valence electrons. The van der Waals surface area contributed by atoms with Crippen LogP contribution in [0.4, 0.5) is 0 Å². The molecule has 6 aromatic heterocycles. The van der Waals surface area contributed by atoms with Gasteiger partial charge in [-0.05, 0) is 98.4 Å². The summed E-state index contributed by atoms with van der Waals surface area (Å²) >= 11 is 14.8. The van der Waals surface area contributed by atoms with Gasteiger partial charge in [0.25, 0.3) is 0 Å². The Hall–Kier alpha value is -6.00. The number of nitrogens with zero attached hydrogens (tertiary/aromatic N) is 11. The summed E-state index contributed by atoms with van der Waals surface area (Å²) in [5.74, 6) is 2.16. The first-order chi connectivity index (χ1) is 32.3. The molecule has 67 heavy (non-hydrogen) atoms. The van der Waals surface area contributed by atoms with Crippen LogP contribution in [0, 0.1) is 13.8 Å². The van der Waals surface area contributed by atoms with Gasteiger partial charge >= 0.3 is 0 Å².